The molecule has 1 atom stereocenters. The van der Waals surface area contributed by atoms with Crippen LogP contribution in [-0.2, 0) is 4.79 Å². The summed E-state index contributed by atoms with van der Waals surface area (Å²) < 4.78 is 0. The third-order valence-electron chi connectivity index (χ3n) is 2.47. The van der Waals surface area contributed by atoms with Gasteiger partial charge in [0.2, 0.25) is 0 Å². The molecule has 0 bridgehead atoms. The molecule has 0 aliphatic carbocycles. The molecule has 0 aromatic carbocycles. The maximum absolute atomic E-state index is 11.5. The molecule has 1 fully saturated rings. The fourth-order valence-electron chi connectivity index (χ4n) is 1.36. The van der Waals surface area contributed by atoms with Crippen LogP contribution < -0.4 is 0 Å². The van der Waals surface area contributed by atoms with Gasteiger partial charge >= 0.3 is 6.03 Å². The van der Waals surface area contributed by atoms with Crippen molar-refractivity contribution in [2.75, 3.05) is 13.6 Å². The molecule has 1 unspecified atom stereocenters. The highest BCUT2D eigenvalue weighted by Gasteiger charge is 2.39. The van der Waals surface area contributed by atoms with E-state index >= 15 is 0 Å². The smallest absolute Gasteiger partial charge is 0.316 e. The Morgan fingerprint density at radius 1 is 1.38 bits per heavy atom. The SMILES string of the molecule is CCCCN1C(=O)C(C)N(C)C1=O. The highest BCUT2D eigenvalue weighted by Crippen LogP contribution is 2.15. The summed E-state index contributed by atoms with van der Waals surface area (Å²) in [7, 11) is 1.66. The molecular formula is C9H16N2O2. The molecular weight excluding hydrogens is 168 g/mol. The Bertz CT molecular complexity index is 208. The van der Waals surface area contributed by atoms with Gasteiger partial charge in [0, 0.05) is 13.6 Å². The van der Waals surface area contributed by atoms with Gasteiger partial charge in [-0.05, 0) is 13.3 Å². The van der Waals surface area contributed by atoms with Gasteiger partial charge in [-0.25, -0.2) is 4.79 Å². The summed E-state index contributed by atoms with van der Waals surface area (Å²) in [5.74, 6) is -0.0686. The van der Waals surface area contributed by atoms with Gasteiger partial charge in [-0.2, -0.15) is 0 Å². The van der Waals surface area contributed by atoms with Crippen LogP contribution in [0, 0.1) is 0 Å². The summed E-state index contributed by atoms with van der Waals surface area (Å²) >= 11 is 0. The van der Waals surface area contributed by atoms with Crippen molar-refractivity contribution in [1.82, 2.24) is 9.80 Å². The number of carbonyl (C=O) groups excluding carboxylic acids is 2. The van der Waals surface area contributed by atoms with Crippen molar-refractivity contribution in [3.05, 3.63) is 0 Å². The molecule has 0 aromatic heterocycles. The summed E-state index contributed by atoms with van der Waals surface area (Å²) in [6.45, 7) is 4.35. The van der Waals surface area contributed by atoms with Gasteiger partial charge in [0.25, 0.3) is 5.91 Å². The molecule has 1 heterocycles. The van der Waals surface area contributed by atoms with Crippen LogP contribution in [0.4, 0.5) is 4.79 Å². The van der Waals surface area contributed by atoms with E-state index in [1.54, 1.807) is 14.0 Å². The summed E-state index contributed by atoms with van der Waals surface area (Å²) in [6, 6.07) is -0.449. The summed E-state index contributed by atoms with van der Waals surface area (Å²) in [4.78, 5) is 25.8. The van der Waals surface area contributed by atoms with Gasteiger partial charge in [0.05, 0.1) is 0 Å². The molecule has 1 saturated heterocycles. The number of urea groups is 1. The van der Waals surface area contributed by atoms with E-state index in [4.69, 9.17) is 0 Å². The van der Waals surface area contributed by atoms with Crippen LogP contribution >= 0.6 is 0 Å². The molecule has 1 aliphatic rings. The molecule has 0 spiro atoms. The third-order valence-corrected chi connectivity index (χ3v) is 2.47. The molecule has 4 nitrogen and oxygen atoms in total. The first kappa shape index (κ1) is 10.0. The van der Waals surface area contributed by atoms with E-state index in [0.29, 0.717) is 6.54 Å². The van der Waals surface area contributed by atoms with Gasteiger partial charge in [-0.1, -0.05) is 13.3 Å². The van der Waals surface area contributed by atoms with E-state index in [1.165, 1.54) is 9.80 Å². The zero-order valence-corrected chi connectivity index (χ0v) is 8.41. The minimum absolute atomic E-state index is 0.0686. The molecule has 4 heteroatoms. The highest BCUT2D eigenvalue weighted by atomic mass is 16.2. The van der Waals surface area contributed by atoms with Crippen molar-refractivity contribution in [2.24, 2.45) is 0 Å². The van der Waals surface area contributed by atoms with Crippen molar-refractivity contribution >= 4 is 11.9 Å². The second kappa shape index (κ2) is 3.77. The third kappa shape index (κ3) is 1.66. The molecule has 1 rings (SSSR count). The Labute approximate surface area is 78.5 Å². The molecule has 0 radical (unpaired) electrons. The lowest BCUT2D eigenvalue weighted by Gasteiger charge is -2.12. The van der Waals surface area contributed by atoms with Gasteiger partial charge in [-0.3, -0.25) is 9.69 Å². The van der Waals surface area contributed by atoms with Crippen molar-refractivity contribution in [3.8, 4) is 0 Å². The largest absolute Gasteiger partial charge is 0.327 e. The van der Waals surface area contributed by atoms with Crippen molar-refractivity contribution in [2.45, 2.75) is 32.7 Å². The number of carbonyl (C=O) groups is 2. The Morgan fingerprint density at radius 3 is 2.38 bits per heavy atom. The molecule has 0 saturated carbocycles. The van der Waals surface area contributed by atoms with Crippen LogP contribution in [-0.4, -0.2) is 41.4 Å². The summed E-state index contributed by atoms with van der Waals surface area (Å²) in [5, 5.41) is 0. The van der Waals surface area contributed by atoms with Gasteiger partial charge in [-0.15, -0.1) is 0 Å². The second-order valence-corrected chi connectivity index (χ2v) is 3.41. The minimum Gasteiger partial charge on any atom is -0.316 e. The fraction of sp³-hybridized carbons (Fsp3) is 0.778. The normalized spacial score (nSPS) is 23.2. The predicted molar refractivity (Wildman–Crippen MR) is 49.2 cm³/mol. The standard InChI is InChI=1S/C9H16N2O2/c1-4-5-6-11-8(12)7(2)10(3)9(11)13/h7H,4-6H2,1-3H3. The average Bonchev–Trinajstić information content (AvgIpc) is 2.30. The van der Waals surface area contributed by atoms with Crippen LogP contribution in [0.25, 0.3) is 0 Å². The number of nitrogens with zero attached hydrogens (tertiary/aromatic N) is 2. The monoisotopic (exact) mass is 184 g/mol. The zero-order valence-electron chi connectivity index (χ0n) is 8.41. The maximum atomic E-state index is 11.5. The van der Waals surface area contributed by atoms with Crippen molar-refractivity contribution in [3.63, 3.8) is 0 Å². The van der Waals surface area contributed by atoms with E-state index in [1.807, 2.05) is 6.92 Å². The molecule has 0 aromatic rings. The number of amides is 3. The lowest BCUT2D eigenvalue weighted by molar-refractivity contribution is -0.127. The minimum atomic E-state index is -0.288. The Hall–Kier alpha value is -1.06. The lowest BCUT2D eigenvalue weighted by Crippen LogP contribution is -2.32. The van der Waals surface area contributed by atoms with Crippen LogP contribution in [0.5, 0.6) is 0 Å². The first-order chi connectivity index (χ1) is 6.09. The van der Waals surface area contributed by atoms with Crippen LogP contribution in [0.3, 0.4) is 0 Å². The van der Waals surface area contributed by atoms with Gasteiger partial charge in [0.15, 0.2) is 0 Å². The first-order valence-electron chi connectivity index (χ1n) is 4.67. The number of likely N-dealkylation sites (N-methyl/N-ethyl adjacent to an activating group) is 1. The van der Waals surface area contributed by atoms with Crippen LogP contribution in [0.15, 0.2) is 0 Å². The predicted octanol–water partition coefficient (Wildman–Crippen LogP) is 1.07. The number of rotatable bonds is 3. The van der Waals surface area contributed by atoms with E-state index in [-0.39, 0.29) is 18.0 Å². The number of hydrogen-bond acceptors (Lipinski definition) is 2. The molecule has 74 valence electrons. The highest BCUT2D eigenvalue weighted by molar-refractivity contribution is 6.03. The Morgan fingerprint density at radius 2 is 2.00 bits per heavy atom. The number of hydrogen-bond donors (Lipinski definition) is 0. The topological polar surface area (TPSA) is 40.6 Å². The van der Waals surface area contributed by atoms with Crippen molar-refractivity contribution < 1.29 is 9.59 Å². The zero-order chi connectivity index (χ0) is 10.0. The fourth-order valence-corrected chi connectivity index (χ4v) is 1.36. The van der Waals surface area contributed by atoms with Crippen molar-refractivity contribution in [1.29, 1.82) is 0 Å². The summed E-state index contributed by atoms with van der Waals surface area (Å²) in [6.07, 6.45) is 1.88. The van der Waals surface area contributed by atoms with E-state index in [0.717, 1.165) is 12.8 Å². The first-order valence-corrected chi connectivity index (χ1v) is 4.67. The van der Waals surface area contributed by atoms with E-state index in [2.05, 4.69) is 0 Å². The van der Waals surface area contributed by atoms with Crippen LogP contribution in [0.1, 0.15) is 26.7 Å². The second-order valence-electron chi connectivity index (χ2n) is 3.41. The lowest BCUT2D eigenvalue weighted by atomic mass is 10.3. The average molecular weight is 184 g/mol. The van der Waals surface area contributed by atoms with Gasteiger partial charge < -0.3 is 4.90 Å². The van der Waals surface area contributed by atoms with Crippen LogP contribution in [0.2, 0.25) is 0 Å². The summed E-state index contributed by atoms with van der Waals surface area (Å²) in [5.41, 5.74) is 0. The Kier molecular flexibility index (Phi) is 2.90. The molecule has 13 heavy (non-hydrogen) atoms. The van der Waals surface area contributed by atoms with E-state index < -0.39 is 0 Å². The molecule has 3 amide bonds. The number of unbranched alkanes of at least 4 members (excludes halogenated alkanes) is 1. The Balaban J connectivity index is 2.64. The van der Waals surface area contributed by atoms with E-state index in [9.17, 15) is 9.59 Å². The number of imide groups is 1. The molecule has 0 N–H and O–H groups in total. The maximum Gasteiger partial charge on any atom is 0.327 e. The molecule has 1 aliphatic heterocycles. The van der Waals surface area contributed by atoms with Gasteiger partial charge in [0.1, 0.15) is 6.04 Å². The quantitative estimate of drug-likeness (QED) is 0.615.